The number of hydrogen-bond acceptors (Lipinski definition) is 2. The second-order valence-corrected chi connectivity index (χ2v) is 6.16. The first-order valence-corrected chi connectivity index (χ1v) is 8.15. The molecule has 0 unspecified atom stereocenters. The van der Waals surface area contributed by atoms with E-state index < -0.39 is 6.17 Å². The number of amides is 1. The zero-order chi connectivity index (χ0) is 17.4. The smallest absolute Gasteiger partial charge is 0.262 e. The third kappa shape index (κ3) is 2.76. The molecule has 0 aliphatic carbocycles. The van der Waals surface area contributed by atoms with Gasteiger partial charge in [0.1, 0.15) is 12.0 Å². The van der Waals surface area contributed by atoms with Crippen LogP contribution in [0.4, 0.5) is 15.8 Å². The first-order chi connectivity index (χ1) is 12.1. The molecule has 0 spiro atoms. The number of carbonyl (C=O) groups is 1. The van der Waals surface area contributed by atoms with Crippen LogP contribution < -0.4 is 10.2 Å². The molecule has 1 atom stereocenters. The van der Waals surface area contributed by atoms with E-state index in [0.717, 1.165) is 16.9 Å². The molecule has 3 nitrogen and oxygen atoms in total. The lowest BCUT2D eigenvalue weighted by Crippen LogP contribution is -2.43. The number of rotatable bonds is 2. The van der Waals surface area contributed by atoms with Crippen LogP contribution in [-0.2, 0) is 0 Å². The van der Waals surface area contributed by atoms with E-state index in [1.807, 2.05) is 55.5 Å². The SMILES string of the molecule is Cc1ccc(N2C(=O)c3ccccc3N[C@H]2c2cccc(F)c2)cc1. The van der Waals surface area contributed by atoms with Crippen molar-refractivity contribution >= 4 is 17.3 Å². The van der Waals surface area contributed by atoms with E-state index in [4.69, 9.17) is 0 Å². The van der Waals surface area contributed by atoms with Gasteiger partial charge in [0.25, 0.3) is 5.91 Å². The summed E-state index contributed by atoms with van der Waals surface area (Å²) in [4.78, 5) is 14.8. The van der Waals surface area contributed by atoms with Gasteiger partial charge in [-0.25, -0.2) is 4.39 Å². The average molecular weight is 332 g/mol. The number of carbonyl (C=O) groups excluding carboxylic acids is 1. The molecule has 0 aromatic heterocycles. The van der Waals surface area contributed by atoms with Gasteiger partial charge in [-0.05, 0) is 48.9 Å². The van der Waals surface area contributed by atoms with Gasteiger partial charge in [-0.15, -0.1) is 0 Å². The van der Waals surface area contributed by atoms with Gasteiger partial charge >= 0.3 is 0 Å². The summed E-state index contributed by atoms with van der Waals surface area (Å²) >= 11 is 0. The van der Waals surface area contributed by atoms with Crippen LogP contribution in [0.5, 0.6) is 0 Å². The lowest BCUT2D eigenvalue weighted by atomic mass is 10.0. The maximum Gasteiger partial charge on any atom is 0.262 e. The van der Waals surface area contributed by atoms with Crippen molar-refractivity contribution in [2.24, 2.45) is 0 Å². The number of nitrogens with one attached hydrogen (secondary N) is 1. The van der Waals surface area contributed by atoms with E-state index in [1.54, 1.807) is 17.0 Å². The van der Waals surface area contributed by atoms with Crippen molar-refractivity contribution in [2.45, 2.75) is 13.1 Å². The van der Waals surface area contributed by atoms with Gasteiger partial charge in [-0.3, -0.25) is 9.69 Å². The summed E-state index contributed by atoms with van der Waals surface area (Å²) in [5, 5.41) is 3.37. The minimum absolute atomic E-state index is 0.104. The maximum absolute atomic E-state index is 13.8. The molecule has 0 radical (unpaired) electrons. The van der Waals surface area contributed by atoms with Crippen molar-refractivity contribution in [1.82, 2.24) is 0 Å². The molecule has 1 amide bonds. The number of anilines is 2. The molecule has 25 heavy (non-hydrogen) atoms. The number of para-hydroxylation sites is 1. The fourth-order valence-corrected chi connectivity index (χ4v) is 3.14. The molecular weight excluding hydrogens is 315 g/mol. The van der Waals surface area contributed by atoms with Crippen molar-refractivity contribution in [2.75, 3.05) is 10.2 Å². The van der Waals surface area contributed by atoms with Crippen molar-refractivity contribution < 1.29 is 9.18 Å². The number of nitrogens with zero attached hydrogens (tertiary/aromatic N) is 1. The highest BCUT2D eigenvalue weighted by Gasteiger charge is 2.34. The van der Waals surface area contributed by atoms with Crippen LogP contribution in [0.25, 0.3) is 0 Å². The van der Waals surface area contributed by atoms with Gasteiger partial charge in [0.2, 0.25) is 0 Å². The van der Waals surface area contributed by atoms with Crippen molar-refractivity contribution in [3.63, 3.8) is 0 Å². The van der Waals surface area contributed by atoms with Crippen LogP contribution in [0.3, 0.4) is 0 Å². The van der Waals surface area contributed by atoms with Gasteiger partial charge < -0.3 is 5.32 Å². The van der Waals surface area contributed by atoms with Crippen molar-refractivity contribution in [1.29, 1.82) is 0 Å². The molecule has 3 aromatic carbocycles. The Kier molecular flexibility index (Phi) is 3.73. The maximum atomic E-state index is 13.8. The number of aryl methyl sites for hydroxylation is 1. The molecule has 1 aliphatic heterocycles. The highest BCUT2D eigenvalue weighted by molar-refractivity contribution is 6.12. The van der Waals surface area contributed by atoms with Gasteiger partial charge in [0, 0.05) is 11.4 Å². The molecule has 3 aromatic rings. The molecule has 0 saturated heterocycles. The van der Waals surface area contributed by atoms with Gasteiger partial charge in [0.15, 0.2) is 0 Å². The molecule has 4 heteroatoms. The van der Waals surface area contributed by atoms with E-state index in [2.05, 4.69) is 5.32 Å². The molecule has 0 fully saturated rings. The van der Waals surface area contributed by atoms with E-state index >= 15 is 0 Å². The van der Waals surface area contributed by atoms with Crippen LogP contribution in [0.1, 0.15) is 27.7 Å². The summed E-state index contributed by atoms with van der Waals surface area (Å²) in [7, 11) is 0. The van der Waals surface area contributed by atoms with Crippen LogP contribution in [0.15, 0.2) is 72.8 Å². The molecule has 124 valence electrons. The third-order valence-electron chi connectivity index (χ3n) is 4.40. The van der Waals surface area contributed by atoms with E-state index in [1.165, 1.54) is 12.1 Å². The minimum Gasteiger partial charge on any atom is -0.360 e. The Morgan fingerprint density at radius 1 is 0.960 bits per heavy atom. The quantitative estimate of drug-likeness (QED) is 0.723. The summed E-state index contributed by atoms with van der Waals surface area (Å²) in [6.07, 6.45) is -0.471. The van der Waals surface area contributed by atoms with Crippen LogP contribution >= 0.6 is 0 Å². The Morgan fingerprint density at radius 2 is 1.72 bits per heavy atom. The lowest BCUT2D eigenvalue weighted by Gasteiger charge is -2.38. The Balaban J connectivity index is 1.87. The zero-order valence-corrected chi connectivity index (χ0v) is 13.7. The number of fused-ring (bicyclic) bond motifs is 1. The molecule has 0 saturated carbocycles. The summed E-state index contributed by atoms with van der Waals surface area (Å²) < 4.78 is 13.8. The normalized spacial score (nSPS) is 16.3. The fourth-order valence-electron chi connectivity index (χ4n) is 3.14. The summed E-state index contributed by atoms with van der Waals surface area (Å²) in [5.41, 5.74) is 3.94. The first kappa shape index (κ1) is 15.4. The highest BCUT2D eigenvalue weighted by Crippen LogP contribution is 2.36. The summed E-state index contributed by atoms with van der Waals surface area (Å²) in [6.45, 7) is 2.00. The summed E-state index contributed by atoms with van der Waals surface area (Å²) in [6, 6.07) is 21.5. The largest absolute Gasteiger partial charge is 0.360 e. The lowest BCUT2D eigenvalue weighted by molar-refractivity contribution is 0.0975. The molecular formula is C21H17FN2O. The standard InChI is InChI=1S/C21H17FN2O/c1-14-9-11-17(12-10-14)24-20(15-5-4-6-16(22)13-15)23-19-8-3-2-7-18(19)21(24)25/h2-13,20,23H,1H3/t20-/m1/s1. The average Bonchev–Trinajstić information content (AvgIpc) is 2.63. The molecule has 0 bridgehead atoms. The number of hydrogen-bond donors (Lipinski definition) is 1. The van der Waals surface area contributed by atoms with Crippen LogP contribution in [0.2, 0.25) is 0 Å². The van der Waals surface area contributed by atoms with Gasteiger partial charge in [-0.1, -0.05) is 42.0 Å². The van der Waals surface area contributed by atoms with Crippen molar-refractivity contribution in [3.8, 4) is 0 Å². The van der Waals surface area contributed by atoms with Gasteiger partial charge in [-0.2, -0.15) is 0 Å². The Labute approximate surface area is 145 Å². The second-order valence-electron chi connectivity index (χ2n) is 6.16. The predicted molar refractivity (Wildman–Crippen MR) is 97.2 cm³/mol. The summed E-state index contributed by atoms with van der Waals surface area (Å²) in [5.74, 6) is -0.429. The molecule has 1 heterocycles. The Bertz CT molecular complexity index is 937. The molecule has 1 aliphatic rings. The third-order valence-corrected chi connectivity index (χ3v) is 4.40. The predicted octanol–water partition coefficient (Wildman–Crippen LogP) is 4.91. The first-order valence-electron chi connectivity index (χ1n) is 8.15. The molecule has 4 rings (SSSR count). The Hall–Kier alpha value is -3.14. The van der Waals surface area contributed by atoms with E-state index in [0.29, 0.717) is 11.1 Å². The number of halogens is 1. The topological polar surface area (TPSA) is 32.3 Å². The minimum atomic E-state index is -0.471. The zero-order valence-electron chi connectivity index (χ0n) is 13.7. The van der Waals surface area contributed by atoms with Crippen LogP contribution in [-0.4, -0.2) is 5.91 Å². The van der Waals surface area contributed by atoms with E-state index in [-0.39, 0.29) is 11.7 Å². The highest BCUT2D eigenvalue weighted by atomic mass is 19.1. The number of benzene rings is 3. The second kappa shape index (κ2) is 6.06. The van der Waals surface area contributed by atoms with E-state index in [9.17, 15) is 9.18 Å². The monoisotopic (exact) mass is 332 g/mol. The van der Waals surface area contributed by atoms with Crippen LogP contribution in [0, 0.1) is 12.7 Å². The Morgan fingerprint density at radius 3 is 2.48 bits per heavy atom. The van der Waals surface area contributed by atoms with Gasteiger partial charge in [0.05, 0.1) is 5.56 Å². The van der Waals surface area contributed by atoms with Crippen molar-refractivity contribution in [3.05, 3.63) is 95.3 Å². The molecule has 1 N–H and O–H groups in total. The fraction of sp³-hybridized carbons (Fsp3) is 0.0952.